The van der Waals surface area contributed by atoms with Crippen molar-refractivity contribution in [3.8, 4) is 5.75 Å². The Bertz CT molecular complexity index is 562. The zero-order valence-electron chi connectivity index (χ0n) is 11.1. The van der Waals surface area contributed by atoms with Crippen LogP contribution in [0.3, 0.4) is 0 Å². The van der Waals surface area contributed by atoms with E-state index in [1.54, 1.807) is 24.3 Å². The molecule has 2 nitrogen and oxygen atoms in total. The number of halogens is 2. The van der Waals surface area contributed by atoms with E-state index in [1.165, 1.54) is 6.07 Å². The molecule has 0 aromatic heterocycles. The Morgan fingerprint density at radius 1 is 1.15 bits per heavy atom. The van der Waals surface area contributed by atoms with Gasteiger partial charge in [-0.15, -0.1) is 0 Å². The fourth-order valence-corrected chi connectivity index (χ4v) is 2.26. The molecule has 20 heavy (non-hydrogen) atoms. The maximum absolute atomic E-state index is 13.7. The van der Waals surface area contributed by atoms with Crippen LogP contribution in [0.25, 0.3) is 0 Å². The Balaban J connectivity index is 1.93. The lowest BCUT2D eigenvalue weighted by molar-refractivity contribution is 0.297. The van der Waals surface area contributed by atoms with E-state index in [2.05, 4.69) is 0 Å². The first kappa shape index (κ1) is 14.8. The summed E-state index contributed by atoms with van der Waals surface area (Å²) in [4.78, 5) is 0. The van der Waals surface area contributed by atoms with Gasteiger partial charge in [-0.1, -0.05) is 35.9 Å². The Labute approximate surface area is 123 Å². The first-order valence-electron chi connectivity index (χ1n) is 6.53. The SMILES string of the molecule is NCC(CCOc1cccc(Cl)c1)c1ccccc1F. The third kappa shape index (κ3) is 3.95. The molecule has 0 bridgehead atoms. The van der Waals surface area contributed by atoms with Crippen molar-refractivity contribution in [2.75, 3.05) is 13.2 Å². The smallest absolute Gasteiger partial charge is 0.126 e. The van der Waals surface area contributed by atoms with Crippen molar-refractivity contribution in [1.29, 1.82) is 0 Å². The van der Waals surface area contributed by atoms with Crippen LogP contribution < -0.4 is 10.5 Å². The minimum absolute atomic E-state index is 0.0459. The van der Waals surface area contributed by atoms with Gasteiger partial charge in [-0.05, 0) is 42.8 Å². The van der Waals surface area contributed by atoms with Gasteiger partial charge in [0, 0.05) is 10.9 Å². The molecular weight excluding hydrogens is 277 g/mol. The van der Waals surface area contributed by atoms with E-state index in [0.717, 1.165) is 0 Å². The van der Waals surface area contributed by atoms with Crippen molar-refractivity contribution in [2.24, 2.45) is 5.73 Å². The van der Waals surface area contributed by atoms with E-state index < -0.39 is 0 Å². The standard InChI is InChI=1S/C16H17ClFNO/c17-13-4-3-5-14(10-13)20-9-8-12(11-19)15-6-1-2-7-16(15)18/h1-7,10,12H,8-9,11,19H2. The highest BCUT2D eigenvalue weighted by Gasteiger charge is 2.13. The summed E-state index contributed by atoms with van der Waals surface area (Å²) in [5.41, 5.74) is 6.38. The Morgan fingerprint density at radius 3 is 2.65 bits per heavy atom. The van der Waals surface area contributed by atoms with Gasteiger partial charge in [0.05, 0.1) is 6.61 Å². The third-order valence-corrected chi connectivity index (χ3v) is 3.40. The van der Waals surface area contributed by atoms with Gasteiger partial charge in [0.2, 0.25) is 0 Å². The summed E-state index contributed by atoms with van der Waals surface area (Å²) >= 11 is 5.88. The molecule has 0 aliphatic heterocycles. The lowest BCUT2D eigenvalue weighted by Gasteiger charge is -2.16. The predicted molar refractivity (Wildman–Crippen MR) is 79.8 cm³/mol. The second-order valence-electron chi connectivity index (χ2n) is 4.55. The molecule has 1 atom stereocenters. The van der Waals surface area contributed by atoms with Crippen molar-refractivity contribution in [1.82, 2.24) is 0 Å². The van der Waals surface area contributed by atoms with Crippen molar-refractivity contribution in [2.45, 2.75) is 12.3 Å². The normalized spacial score (nSPS) is 12.2. The molecule has 4 heteroatoms. The first-order valence-corrected chi connectivity index (χ1v) is 6.91. The van der Waals surface area contributed by atoms with E-state index in [1.807, 2.05) is 18.2 Å². The summed E-state index contributed by atoms with van der Waals surface area (Å²) in [6.07, 6.45) is 0.657. The number of rotatable bonds is 6. The molecule has 0 aliphatic rings. The average molecular weight is 294 g/mol. The summed E-state index contributed by atoms with van der Waals surface area (Å²) in [6, 6.07) is 13.9. The lowest BCUT2D eigenvalue weighted by atomic mass is 9.96. The Morgan fingerprint density at radius 2 is 1.95 bits per heavy atom. The lowest BCUT2D eigenvalue weighted by Crippen LogP contribution is -2.16. The van der Waals surface area contributed by atoms with E-state index in [0.29, 0.717) is 35.9 Å². The number of hydrogen-bond acceptors (Lipinski definition) is 2. The van der Waals surface area contributed by atoms with Crippen LogP contribution in [0.15, 0.2) is 48.5 Å². The average Bonchev–Trinajstić information content (AvgIpc) is 2.45. The predicted octanol–water partition coefficient (Wildman–Crippen LogP) is 3.99. The maximum atomic E-state index is 13.7. The molecule has 2 N–H and O–H groups in total. The summed E-state index contributed by atoms with van der Waals surface area (Å²) in [5, 5.41) is 0.631. The monoisotopic (exact) mass is 293 g/mol. The minimum Gasteiger partial charge on any atom is -0.494 e. The summed E-state index contributed by atoms with van der Waals surface area (Å²) in [7, 11) is 0. The van der Waals surface area contributed by atoms with Gasteiger partial charge in [0.15, 0.2) is 0 Å². The topological polar surface area (TPSA) is 35.2 Å². The van der Waals surface area contributed by atoms with Gasteiger partial charge in [0.1, 0.15) is 11.6 Å². The fourth-order valence-electron chi connectivity index (χ4n) is 2.08. The summed E-state index contributed by atoms with van der Waals surface area (Å²) in [5.74, 6) is 0.447. The molecule has 2 aromatic rings. The summed E-state index contributed by atoms with van der Waals surface area (Å²) < 4.78 is 19.3. The molecule has 0 saturated carbocycles. The number of benzene rings is 2. The van der Waals surface area contributed by atoms with Crippen LogP contribution in [-0.4, -0.2) is 13.2 Å². The van der Waals surface area contributed by atoms with Crippen LogP contribution >= 0.6 is 11.6 Å². The number of ether oxygens (including phenoxy) is 1. The molecule has 2 rings (SSSR count). The molecular formula is C16H17ClFNO. The van der Waals surface area contributed by atoms with Crippen molar-refractivity contribution < 1.29 is 9.13 Å². The number of nitrogens with two attached hydrogens (primary N) is 1. The second-order valence-corrected chi connectivity index (χ2v) is 4.99. The first-order chi connectivity index (χ1) is 9.70. The van der Waals surface area contributed by atoms with Crippen LogP contribution in [-0.2, 0) is 0 Å². The molecule has 0 heterocycles. The number of hydrogen-bond donors (Lipinski definition) is 1. The van der Waals surface area contributed by atoms with Crippen LogP contribution in [0.2, 0.25) is 5.02 Å². The van der Waals surface area contributed by atoms with E-state index in [9.17, 15) is 4.39 Å². The Kier molecular flexibility index (Phi) is 5.39. The van der Waals surface area contributed by atoms with Crippen molar-refractivity contribution in [3.63, 3.8) is 0 Å². The van der Waals surface area contributed by atoms with E-state index in [-0.39, 0.29) is 11.7 Å². The summed E-state index contributed by atoms with van der Waals surface area (Å²) in [6.45, 7) is 0.858. The zero-order valence-corrected chi connectivity index (χ0v) is 11.8. The molecule has 0 aliphatic carbocycles. The Hall–Kier alpha value is -1.58. The van der Waals surface area contributed by atoms with Gasteiger partial charge >= 0.3 is 0 Å². The molecule has 0 radical (unpaired) electrons. The zero-order chi connectivity index (χ0) is 14.4. The van der Waals surface area contributed by atoms with Crippen LogP contribution in [0.1, 0.15) is 17.9 Å². The van der Waals surface area contributed by atoms with Gasteiger partial charge in [-0.3, -0.25) is 0 Å². The van der Waals surface area contributed by atoms with Gasteiger partial charge in [0.25, 0.3) is 0 Å². The molecule has 0 amide bonds. The third-order valence-electron chi connectivity index (χ3n) is 3.16. The van der Waals surface area contributed by atoms with Gasteiger partial charge in [-0.2, -0.15) is 0 Å². The quantitative estimate of drug-likeness (QED) is 0.874. The van der Waals surface area contributed by atoms with E-state index in [4.69, 9.17) is 22.1 Å². The van der Waals surface area contributed by atoms with Crippen molar-refractivity contribution in [3.05, 3.63) is 64.9 Å². The molecule has 0 saturated heterocycles. The van der Waals surface area contributed by atoms with Crippen LogP contribution in [0, 0.1) is 5.82 Å². The highest BCUT2D eigenvalue weighted by atomic mass is 35.5. The highest BCUT2D eigenvalue weighted by molar-refractivity contribution is 6.30. The molecule has 1 unspecified atom stereocenters. The largest absolute Gasteiger partial charge is 0.494 e. The van der Waals surface area contributed by atoms with Gasteiger partial charge in [-0.25, -0.2) is 4.39 Å². The minimum atomic E-state index is -0.217. The molecule has 2 aromatic carbocycles. The second kappa shape index (κ2) is 7.27. The highest BCUT2D eigenvalue weighted by Crippen LogP contribution is 2.23. The maximum Gasteiger partial charge on any atom is 0.126 e. The fraction of sp³-hybridized carbons (Fsp3) is 0.250. The van der Waals surface area contributed by atoms with Crippen LogP contribution in [0.4, 0.5) is 4.39 Å². The van der Waals surface area contributed by atoms with Crippen LogP contribution in [0.5, 0.6) is 5.75 Å². The molecule has 0 fully saturated rings. The molecule has 0 spiro atoms. The van der Waals surface area contributed by atoms with E-state index >= 15 is 0 Å². The van der Waals surface area contributed by atoms with Crippen molar-refractivity contribution >= 4 is 11.6 Å². The molecule has 106 valence electrons. The van der Waals surface area contributed by atoms with Gasteiger partial charge < -0.3 is 10.5 Å².